The molecular formula is C14H8N2O7. The van der Waals surface area contributed by atoms with Crippen molar-refractivity contribution in [2.45, 2.75) is 0 Å². The quantitative estimate of drug-likeness (QED) is 0.620. The molecule has 116 valence electrons. The summed E-state index contributed by atoms with van der Waals surface area (Å²) in [7, 11) is 0. The van der Waals surface area contributed by atoms with Crippen molar-refractivity contribution in [3.05, 3.63) is 59.2 Å². The topological polar surface area (TPSA) is 144 Å². The number of carboxylic acids is 2. The summed E-state index contributed by atoms with van der Waals surface area (Å²) in [4.78, 5) is 52.2. The molecule has 2 N–H and O–H groups in total. The third-order valence-corrected chi connectivity index (χ3v) is 2.54. The summed E-state index contributed by atoms with van der Waals surface area (Å²) in [6, 6.07) is 7.20. The summed E-state index contributed by atoms with van der Waals surface area (Å²) in [5.74, 6) is -5.05. The Balaban J connectivity index is 2.18. The maximum Gasteiger partial charge on any atom is 0.364 e. The summed E-state index contributed by atoms with van der Waals surface area (Å²) in [5, 5.41) is 17.6. The number of carbonyl (C=O) groups excluding carboxylic acids is 2. The van der Waals surface area contributed by atoms with E-state index in [1.807, 2.05) is 0 Å². The highest BCUT2D eigenvalue weighted by Crippen LogP contribution is 2.06. The van der Waals surface area contributed by atoms with Gasteiger partial charge in [0.25, 0.3) is 0 Å². The largest absolute Gasteiger partial charge is 0.477 e. The number of esters is 2. The van der Waals surface area contributed by atoms with Crippen LogP contribution in [-0.2, 0) is 4.74 Å². The number of hydrogen-bond donors (Lipinski definition) is 2. The Bertz CT molecular complexity index is 749. The number of rotatable bonds is 4. The average Bonchev–Trinajstić information content (AvgIpc) is 2.54. The number of aromatic nitrogens is 2. The third kappa shape index (κ3) is 3.73. The smallest absolute Gasteiger partial charge is 0.364 e. The third-order valence-electron chi connectivity index (χ3n) is 2.54. The van der Waals surface area contributed by atoms with Crippen LogP contribution in [0.3, 0.4) is 0 Å². The van der Waals surface area contributed by atoms with Crippen LogP contribution < -0.4 is 0 Å². The predicted molar refractivity (Wildman–Crippen MR) is 72.1 cm³/mol. The molecule has 2 aromatic rings. The zero-order valence-electron chi connectivity index (χ0n) is 11.3. The predicted octanol–water partition coefficient (Wildman–Crippen LogP) is 0.870. The van der Waals surface area contributed by atoms with Gasteiger partial charge in [0.1, 0.15) is 22.8 Å². The Kier molecular flexibility index (Phi) is 4.41. The first kappa shape index (κ1) is 15.8. The number of carboxylic acid groups (broad SMARTS) is 2. The van der Waals surface area contributed by atoms with E-state index in [2.05, 4.69) is 14.7 Å². The van der Waals surface area contributed by atoms with Gasteiger partial charge in [0, 0.05) is 0 Å². The normalized spacial score (nSPS) is 9.91. The van der Waals surface area contributed by atoms with E-state index in [-0.39, 0.29) is 11.4 Å². The molecule has 0 saturated carbocycles. The zero-order valence-corrected chi connectivity index (χ0v) is 11.3. The standard InChI is InChI=1S/C14H8N2O7/c17-11(18)7-3-1-5-9(15-7)13(21)23-14(22)10-6-2-4-8(16-10)12(19)20/h1-6H,(H,17,18)(H,19,20). The second-order valence-corrected chi connectivity index (χ2v) is 4.10. The van der Waals surface area contributed by atoms with Gasteiger partial charge in [-0.2, -0.15) is 0 Å². The van der Waals surface area contributed by atoms with Crippen molar-refractivity contribution < 1.29 is 34.1 Å². The van der Waals surface area contributed by atoms with Crippen LogP contribution in [-0.4, -0.2) is 44.1 Å². The molecule has 9 heteroatoms. The van der Waals surface area contributed by atoms with E-state index in [1.54, 1.807) is 0 Å². The summed E-state index contributed by atoms with van der Waals surface area (Å²) in [5.41, 5.74) is -1.55. The molecule has 0 aromatic carbocycles. The van der Waals surface area contributed by atoms with Gasteiger partial charge in [-0.05, 0) is 24.3 Å². The fourth-order valence-corrected chi connectivity index (χ4v) is 1.52. The summed E-state index contributed by atoms with van der Waals surface area (Å²) < 4.78 is 4.50. The van der Waals surface area contributed by atoms with Gasteiger partial charge in [-0.25, -0.2) is 29.1 Å². The first-order chi connectivity index (χ1) is 10.9. The maximum atomic E-state index is 11.8. The molecule has 0 saturated heterocycles. The lowest BCUT2D eigenvalue weighted by atomic mass is 10.3. The van der Waals surface area contributed by atoms with Crippen molar-refractivity contribution in [2.24, 2.45) is 0 Å². The van der Waals surface area contributed by atoms with Crippen LogP contribution in [0.4, 0.5) is 0 Å². The van der Waals surface area contributed by atoms with Gasteiger partial charge in [-0.3, -0.25) is 0 Å². The SMILES string of the molecule is O=C(O)c1cccc(C(=O)OC(=O)c2cccc(C(=O)O)n2)n1. The number of pyridine rings is 2. The van der Waals surface area contributed by atoms with E-state index in [4.69, 9.17) is 10.2 Å². The van der Waals surface area contributed by atoms with Gasteiger partial charge in [0.2, 0.25) is 0 Å². The van der Waals surface area contributed by atoms with E-state index in [0.717, 1.165) is 0 Å². The van der Waals surface area contributed by atoms with E-state index < -0.39 is 35.3 Å². The molecule has 2 rings (SSSR count). The molecule has 0 aliphatic carbocycles. The molecule has 0 amide bonds. The van der Waals surface area contributed by atoms with Crippen LogP contribution in [0.2, 0.25) is 0 Å². The van der Waals surface area contributed by atoms with E-state index in [1.165, 1.54) is 36.4 Å². The van der Waals surface area contributed by atoms with Gasteiger partial charge in [-0.15, -0.1) is 0 Å². The Hall–Kier alpha value is -3.62. The Labute approximate surface area is 128 Å². The molecule has 0 spiro atoms. The fourth-order valence-electron chi connectivity index (χ4n) is 1.52. The minimum atomic E-state index is -1.35. The highest BCUT2D eigenvalue weighted by molar-refractivity contribution is 6.01. The fraction of sp³-hybridized carbons (Fsp3) is 0. The lowest BCUT2D eigenvalue weighted by Gasteiger charge is -2.03. The Morgan fingerprint density at radius 2 is 1.04 bits per heavy atom. The molecule has 2 aromatic heterocycles. The molecular weight excluding hydrogens is 308 g/mol. The van der Waals surface area contributed by atoms with Gasteiger partial charge in [-0.1, -0.05) is 12.1 Å². The van der Waals surface area contributed by atoms with E-state index in [0.29, 0.717) is 0 Å². The van der Waals surface area contributed by atoms with Gasteiger partial charge in [0.05, 0.1) is 0 Å². The molecule has 2 heterocycles. The molecule has 0 aliphatic heterocycles. The lowest BCUT2D eigenvalue weighted by molar-refractivity contribution is 0.0389. The average molecular weight is 316 g/mol. The monoisotopic (exact) mass is 316 g/mol. The van der Waals surface area contributed by atoms with Crippen LogP contribution in [0, 0.1) is 0 Å². The van der Waals surface area contributed by atoms with Crippen molar-refractivity contribution in [1.82, 2.24) is 9.97 Å². The molecule has 0 bridgehead atoms. The van der Waals surface area contributed by atoms with E-state index >= 15 is 0 Å². The van der Waals surface area contributed by atoms with Crippen LogP contribution in [0.25, 0.3) is 0 Å². The first-order valence-electron chi connectivity index (χ1n) is 6.05. The number of nitrogens with zero attached hydrogens (tertiary/aromatic N) is 2. The molecule has 0 unspecified atom stereocenters. The van der Waals surface area contributed by atoms with Gasteiger partial charge >= 0.3 is 23.9 Å². The number of aromatic carboxylic acids is 2. The second kappa shape index (κ2) is 6.43. The van der Waals surface area contributed by atoms with Crippen molar-refractivity contribution >= 4 is 23.9 Å². The minimum absolute atomic E-state index is 0.382. The molecule has 0 radical (unpaired) electrons. The highest BCUT2D eigenvalue weighted by Gasteiger charge is 2.19. The molecule has 9 nitrogen and oxygen atoms in total. The Morgan fingerprint density at radius 3 is 1.39 bits per heavy atom. The van der Waals surface area contributed by atoms with Crippen molar-refractivity contribution in [3.63, 3.8) is 0 Å². The molecule has 23 heavy (non-hydrogen) atoms. The highest BCUT2D eigenvalue weighted by atomic mass is 16.6. The van der Waals surface area contributed by atoms with Crippen LogP contribution >= 0.6 is 0 Å². The molecule has 0 atom stereocenters. The van der Waals surface area contributed by atoms with Gasteiger partial charge < -0.3 is 14.9 Å². The summed E-state index contributed by atoms with van der Waals surface area (Å²) in [6.45, 7) is 0. The molecule has 0 fully saturated rings. The summed E-state index contributed by atoms with van der Waals surface area (Å²) in [6.07, 6.45) is 0. The van der Waals surface area contributed by atoms with Crippen molar-refractivity contribution in [2.75, 3.05) is 0 Å². The first-order valence-corrected chi connectivity index (χ1v) is 6.05. The van der Waals surface area contributed by atoms with Crippen molar-refractivity contribution in [1.29, 1.82) is 0 Å². The number of hydrogen-bond acceptors (Lipinski definition) is 7. The van der Waals surface area contributed by atoms with Crippen LogP contribution in [0.15, 0.2) is 36.4 Å². The second-order valence-electron chi connectivity index (χ2n) is 4.10. The lowest BCUT2D eigenvalue weighted by Crippen LogP contribution is -2.17. The van der Waals surface area contributed by atoms with Crippen LogP contribution in [0.1, 0.15) is 42.0 Å². The summed E-state index contributed by atoms with van der Waals surface area (Å²) >= 11 is 0. The zero-order chi connectivity index (χ0) is 17.0. The van der Waals surface area contributed by atoms with Gasteiger partial charge in [0.15, 0.2) is 0 Å². The number of ether oxygens (including phenoxy) is 1. The minimum Gasteiger partial charge on any atom is -0.477 e. The Morgan fingerprint density at radius 1 is 0.696 bits per heavy atom. The maximum absolute atomic E-state index is 11.8. The number of carbonyl (C=O) groups is 4. The van der Waals surface area contributed by atoms with Crippen LogP contribution in [0.5, 0.6) is 0 Å². The molecule has 0 aliphatic rings. The van der Waals surface area contributed by atoms with Crippen molar-refractivity contribution in [3.8, 4) is 0 Å². The van der Waals surface area contributed by atoms with E-state index in [9.17, 15) is 19.2 Å².